The smallest absolute Gasteiger partial charge is 0.303 e. The number of hydrogen-bond donors (Lipinski definition) is 1. The molecular formula is C15H20O4. The quantitative estimate of drug-likeness (QED) is 0.549. The summed E-state index contributed by atoms with van der Waals surface area (Å²) in [5, 5.41) is 8.51. The summed E-state index contributed by atoms with van der Waals surface area (Å²) in [6.45, 7) is 2.41. The molecule has 0 aliphatic heterocycles. The molecule has 104 valence electrons. The van der Waals surface area contributed by atoms with Gasteiger partial charge in [0.1, 0.15) is 5.75 Å². The summed E-state index contributed by atoms with van der Waals surface area (Å²) in [6, 6.07) is 7.22. The van der Waals surface area contributed by atoms with Crippen molar-refractivity contribution in [2.75, 3.05) is 6.61 Å². The van der Waals surface area contributed by atoms with Crippen LogP contribution in [0.25, 0.3) is 0 Å². The Bertz CT molecular complexity index is 426. The monoisotopic (exact) mass is 264 g/mol. The van der Waals surface area contributed by atoms with Crippen LogP contribution in [0.1, 0.15) is 49.4 Å². The molecule has 0 radical (unpaired) electrons. The molecule has 0 heterocycles. The molecule has 19 heavy (non-hydrogen) atoms. The highest BCUT2D eigenvalue weighted by Gasteiger charge is 2.11. The number of rotatable bonds is 9. The van der Waals surface area contributed by atoms with E-state index in [4.69, 9.17) is 9.84 Å². The number of carbonyl (C=O) groups is 2. The normalized spacial score (nSPS) is 10.2. The van der Waals surface area contributed by atoms with Crippen LogP contribution in [0.2, 0.25) is 0 Å². The Morgan fingerprint density at radius 1 is 1.11 bits per heavy atom. The van der Waals surface area contributed by atoms with Crippen molar-refractivity contribution in [1.29, 1.82) is 0 Å². The Hall–Kier alpha value is -1.84. The molecule has 0 saturated heterocycles. The molecule has 0 saturated carbocycles. The van der Waals surface area contributed by atoms with Crippen molar-refractivity contribution >= 4 is 11.8 Å². The third-order valence-electron chi connectivity index (χ3n) is 2.78. The van der Waals surface area contributed by atoms with Crippen LogP contribution in [0, 0.1) is 0 Å². The Morgan fingerprint density at radius 2 is 1.79 bits per heavy atom. The highest BCUT2D eigenvalue weighted by Crippen LogP contribution is 2.20. The second-order valence-corrected chi connectivity index (χ2v) is 4.31. The van der Waals surface area contributed by atoms with Gasteiger partial charge in [0.15, 0.2) is 5.78 Å². The van der Waals surface area contributed by atoms with E-state index in [2.05, 4.69) is 0 Å². The molecule has 1 N–H and O–H groups in total. The number of benzene rings is 1. The maximum Gasteiger partial charge on any atom is 0.303 e. The van der Waals surface area contributed by atoms with Crippen molar-refractivity contribution in [3.63, 3.8) is 0 Å². The Balaban J connectivity index is 2.43. The number of aliphatic carboxylic acids is 1. The highest BCUT2D eigenvalue weighted by molar-refractivity contribution is 5.98. The molecule has 0 aliphatic carbocycles. The minimum atomic E-state index is -0.784. The molecule has 0 fully saturated rings. The minimum absolute atomic E-state index is 0.0550. The maximum atomic E-state index is 12.0. The molecule has 1 aromatic carbocycles. The van der Waals surface area contributed by atoms with Gasteiger partial charge in [0.2, 0.25) is 0 Å². The zero-order valence-electron chi connectivity index (χ0n) is 11.2. The highest BCUT2D eigenvalue weighted by atomic mass is 16.5. The van der Waals surface area contributed by atoms with Crippen molar-refractivity contribution in [1.82, 2.24) is 0 Å². The first kappa shape index (κ1) is 15.2. The van der Waals surface area contributed by atoms with Gasteiger partial charge in [0.25, 0.3) is 0 Å². The fourth-order valence-corrected chi connectivity index (χ4v) is 1.85. The zero-order chi connectivity index (χ0) is 14.1. The van der Waals surface area contributed by atoms with Gasteiger partial charge >= 0.3 is 5.97 Å². The molecule has 4 nitrogen and oxygen atoms in total. The summed E-state index contributed by atoms with van der Waals surface area (Å²) in [5.41, 5.74) is 0.614. The molecule has 0 unspecified atom stereocenters. The topological polar surface area (TPSA) is 63.6 Å². The van der Waals surface area contributed by atoms with E-state index in [1.807, 2.05) is 19.1 Å². The summed E-state index contributed by atoms with van der Waals surface area (Å²) in [5.74, 6) is -0.104. The lowest BCUT2D eigenvalue weighted by atomic mass is 10.0. The predicted octanol–water partition coefficient (Wildman–Crippen LogP) is 3.30. The van der Waals surface area contributed by atoms with Crippen molar-refractivity contribution < 1.29 is 19.4 Å². The summed E-state index contributed by atoms with van der Waals surface area (Å²) < 4.78 is 5.42. The van der Waals surface area contributed by atoms with Crippen LogP contribution in [0.3, 0.4) is 0 Å². The fourth-order valence-electron chi connectivity index (χ4n) is 1.85. The number of unbranched alkanes of at least 4 members (excludes halogenated alkanes) is 2. The molecule has 1 rings (SSSR count). The second-order valence-electron chi connectivity index (χ2n) is 4.31. The van der Waals surface area contributed by atoms with Gasteiger partial charge in [0, 0.05) is 12.8 Å². The molecular weight excluding hydrogens is 244 g/mol. The van der Waals surface area contributed by atoms with E-state index in [0.29, 0.717) is 37.2 Å². The molecule has 0 amide bonds. The average Bonchev–Trinajstić information content (AvgIpc) is 2.39. The molecule has 4 heteroatoms. The number of ketones is 1. The summed E-state index contributed by atoms with van der Waals surface area (Å²) >= 11 is 0. The first-order chi connectivity index (χ1) is 9.15. The van der Waals surface area contributed by atoms with E-state index in [1.165, 1.54) is 0 Å². The Morgan fingerprint density at radius 3 is 2.47 bits per heavy atom. The van der Waals surface area contributed by atoms with Crippen LogP contribution in [-0.4, -0.2) is 23.5 Å². The molecule has 0 aliphatic rings. The van der Waals surface area contributed by atoms with Crippen molar-refractivity contribution in [3.8, 4) is 5.75 Å². The largest absolute Gasteiger partial charge is 0.493 e. The Kier molecular flexibility index (Phi) is 6.64. The standard InChI is InChI=1S/C15H20O4/c1-2-19-14-10-7-6-8-12(14)13(16)9-4-3-5-11-15(17)18/h6-8,10H,2-5,9,11H2,1H3,(H,17,18). The van der Waals surface area contributed by atoms with Gasteiger partial charge in [-0.05, 0) is 31.9 Å². The summed E-state index contributed by atoms with van der Waals surface area (Å²) in [4.78, 5) is 22.4. The van der Waals surface area contributed by atoms with Crippen LogP contribution in [0.4, 0.5) is 0 Å². The van der Waals surface area contributed by atoms with Crippen LogP contribution in [0.5, 0.6) is 5.75 Å². The SMILES string of the molecule is CCOc1ccccc1C(=O)CCCCCC(=O)O. The third kappa shape index (κ3) is 5.55. The zero-order valence-corrected chi connectivity index (χ0v) is 11.2. The van der Waals surface area contributed by atoms with Gasteiger partial charge in [-0.15, -0.1) is 0 Å². The van der Waals surface area contributed by atoms with E-state index in [0.717, 1.165) is 6.42 Å². The van der Waals surface area contributed by atoms with Gasteiger partial charge in [0.05, 0.1) is 12.2 Å². The number of Topliss-reactive ketones (excluding diaryl/α,β-unsaturated/α-hetero) is 1. The number of carbonyl (C=O) groups excluding carboxylic acids is 1. The first-order valence-corrected chi connectivity index (χ1v) is 6.62. The second kappa shape index (κ2) is 8.29. The van der Waals surface area contributed by atoms with E-state index in [9.17, 15) is 9.59 Å². The number of carboxylic acid groups (broad SMARTS) is 1. The van der Waals surface area contributed by atoms with E-state index in [1.54, 1.807) is 12.1 Å². The molecule has 0 atom stereocenters. The van der Waals surface area contributed by atoms with Crippen LogP contribution in [-0.2, 0) is 4.79 Å². The van der Waals surface area contributed by atoms with Gasteiger partial charge in [-0.3, -0.25) is 9.59 Å². The van der Waals surface area contributed by atoms with Gasteiger partial charge < -0.3 is 9.84 Å². The molecule has 0 spiro atoms. The fraction of sp³-hybridized carbons (Fsp3) is 0.467. The molecule has 1 aromatic rings. The number of ether oxygens (including phenoxy) is 1. The number of carboxylic acids is 1. The summed E-state index contributed by atoms with van der Waals surface area (Å²) in [7, 11) is 0. The van der Waals surface area contributed by atoms with Crippen LogP contribution in [0.15, 0.2) is 24.3 Å². The van der Waals surface area contributed by atoms with Gasteiger partial charge in [-0.1, -0.05) is 18.6 Å². The molecule has 0 bridgehead atoms. The van der Waals surface area contributed by atoms with E-state index < -0.39 is 5.97 Å². The van der Waals surface area contributed by atoms with Gasteiger partial charge in [-0.2, -0.15) is 0 Å². The van der Waals surface area contributed by atoms with Crippen molar-refractivity contribution in [2.24, 2.45) is 0 Å². The lowest BCUT2D eigenvalue weighted by Gasteiger charge is -2.08. The summed E-state index contributed by atoms with van der Waals surface area (Å²) in [6.07, 6.45) is 2.70. The first-order valence-electron chi connectivity index (χ1n) is 6.62. The van der Waals surface area contributed by atoms with Crippen LogP contribution < -0.4 is 4.74 Å². The number of para-hydroxylation sites is 1. The third-order valence-corrected chi connectivity index (χ3v) is 2.78. The minimum Gasteiger partial charge on any atom is -0.493 e. The van der Waals surface area contributed by atoms with Crippen molar-refractivity contribution in [2.45, 2.75) is 39.0 Å². The average molecular weight is 264 g/mol. The van der Waals surface area contributed by atoms with Gasteiger partial charge in [-0.25, -0.2) is 0 Å². The van der Waals surface area contributed by atoms with E-state index in [-0.39, 0.29) is 12.2 Å². The lowest BCUT2D eigenvalue weighted by molar-refractivity contribution is -0.137. The Labute approximate surface area is 113 Å². The predicted molar refractivity (Wildman–Crippen MR) is 72.7 cm³/mol. The molecule has 0 aromatic heterocycles. The van der Waals surface area contributed by atoms with E-state index >= 15 is 0 Å². The maximum absolute atomic E-state index is 12.0. The lowest BCUT2D eigenvalue weighted by Crippen LogP contribution is -2.04. The van der Waals surface area contributed by atoms with Crippen LogP contribution >= 0.6 is 0 Å². The number of hydrogen-bond acceptors (Lipinski definition) is 3. The van der Waals surface area contributed by atoms with Crippen molar-refractivity contribution in [3.05, 3.63) is 29.8 Å².